The molecule has 0 bridgehead atoms. The second-order valence-electron chi connectivity index (χ2n) is 8.78. The molecule has 2 amide bonds. The molecule has 4 atom stereocenters. The summed E-state index contributed by atoms with van der Waals surface area (Å²) in [4.78, 5) is 30.6. The van der Waals surface area contributed by atoms with Crippen LogP contribution in [0.2, 0.25) is 0 Å². The van der Waals surface area contributed by atoms with Gasteiger partial charge in [0.1, 0.15) is 12.1 Å². The van der Waals surface area contributed by atoms with Crippen molar-refractivity contribution in [1.29, 1.82) is 0 Å². The molecule has 5 rings (SSSR count). The first kappa shape index (κ1) is 20.4. The average molecular weight is 424 g/mol. The van der Waals surface area contributed by atoms with Gasteiger partial charge in [-0.05, 0) is 49.8 Å². The summed E-state index contributed by atoms with van der Waals surface area (Å²) in [6.07, 6.45) is 4.42. The fourth-order valence-electron chi connectivity index (χ4n) is 5.00. The maximum Gasteiger partial charge on any atom is 0.236 e. The minimum atomic E-state index is -0.0381. The number of aromatic nitrogens is 1. The lowest BCUT2D eigenvalue weighted by Gasteiger charge is -2.45. The summed E-state index contributed by atoms with van der Waals surface area (Å²) >= 11 is 0. The van der Waals surface area contributed by atoms with Crippen LogP contribution in [0, 0.1) is 5.92 Å². The van der Waals surface area contributed by atoms with Crippen LogP contribution in [-0.2, 0) is 14.3 Å². The molecule has 4 unspecified atom stereocenters. The summed E-state index contributed by atoms with van der Waals surface area (Å²) in [5, 5.41) is 10.5. The number of hydrogen-bond donors (Lipinski definition) is 3. The van der Waals surface area contributed by atoms with Crippen molar-refractivity contribution in [2.24, 2.45) is 5.92 Å². The molecule has 1 aromatic carbocycles. The molecule has 8 nitrogen and oxygen atoms in total. The molecule has 2 aromatic rings. The summed E-state index contributed by atoms with van der Waals surface area (Å²) < 4.78 is 6.10. The van der Waals surface area contributed by atoms with Gasteiger partial charge < -0.3 is 15.4 Å². The van der Waals surface area contributed by atoms with Gasteiger partial charge in [-0.3, -0.25) is 19.8 Å². The lowest BCUT2D eigenvalue weighted by atomic mass is 9.81. The van der Waals surface area contributed by atoms with Crippen LogP contribution in [0.3, 0.4) is 0 Å². The third kappa shape index (κ3) is 4.71. The average Bonchev–Trinajstić information content (AvgIpc) is 3.13. The zero-order valence-electron chi connectivity index (χ0n) is 17.5. The van der Waals surface area contributed by atoms with E-state index in [9.17, 15) is 9.59 Å². The van der Waals surface area contributed by atoms with Crippen LogP contribution in [0.1, 0.15) is 32.1 Å². The number of carbonyl (C=O) groups excluding carboxylic acids is 2. The van der Waals surface area contributed by atoms with Crippen molar-refractivity contribution in [1.82, 2.24) is 20.5 Å². The molecule has 8 heteroatoms. The number of anilines is 1. The number of fused-ring (bicyclic) bond motifs is 3. The van der Waals surface area contributed by atoms with E-state index in [1.54, 1.807) is 0 Å². The monoisotopic (exact) mass is 423 g/mol. The highest BCUT2D eigenvalue weighted by Crippen LogP contribution is 2.31. The Hall–Kier alpha value is -2.55. The second kappa shape index (κ2) is 8.90. The van der Waals surface area contributed by atoms with E-state index < -0.39 is 0 Å². The Labute approximate surface area is 181 Å². The molecule has 1 saturated carbocycles. The summed E-state index contributed by atoms with van der Waals surface area (Å²) in [6.45, 7) is 2.00. The Bertz CT molecular complexity index is 967. The SMILES string of the molecule is O=C(CCCOC1CCC2NC3NC(=O)CN3CC2C1)Nc1ccc2ccccc2n1. The Morgan fingerprint density at radius 3 is 3.06 bits per heavy atom. The van der Waals surface area contributed by atoms with E-state index in [2.05, 4.69) is 25.8 Å². The number of benzene rings is 1. The molecule has 164 valence electrons. The summed E-state index contributed by atoms with van der Waals surface area (Å²) in [7, 11) is 0. The van der Waals surface area contributed by atoms with Gasteiger partial charge in [-0.2, -0.15) is 0 Å². The molecular weight excluding hydrogens is 394 g/mol. The molecule has 3 N–H and O–H groups in total. The van der Waals surface area contributed by atoms with Crippen LogP contribution in [0.25, 0.3) is 10.9 Å². The van der Waals surface area contributed by atoms with Crippen molar-refractivity contribution in [3.05, 3.63) is 36.4 Å². The zero-order valence-corrected chi connectivity index (χ0v) is 17.5. The van der Waals surface area contributed by atoms with Crippen molar-refractivity contribution in [2.45, 2.75) is 50.5 Å². The highest BCUT2D eigenvalue weighted by atomic mass is 16.5. The number of amides is 2. The maximum atomic E-state index is 12.3. The fourth-order valence-corrected chi connectivity index (χ4v) is 5.00. The number of rotatable bonds is 6. The van der Waals surface area contributed by atoms with Gasteiger partial charge in [0.05, 0.1) is 18.2 Å². The number of nitrogens with one attached hydrogen (secondary N) is 3. The Morgan fingerprint density at radius 2 is 2.13 bits per heavy atom. The Morgan fingerprint density at radius 1 is 1.23 bits per heavy atom. The number of hydrogen-bond acceptors (Lipinski definition) is 6. The van der Waals surface area contributed by atoms with E-state index in [1.165, 1.54) is 0 Å². The van der Waals surface area contributed by atoms with Crippen molar-refractivity contribution in [3.8, 4) is 0 Å². The Kier molecular flexibility index (Phi) is 5.85. The zero-order chi connectivity index (χ0) is 21.2. The topological polar surface area (TPSA) is 95.6 Å². The van der Waals surface area contributed by atoms with E-state index in [0.717, 1.165) is 36.7 Å². The maximum absolute atomic E-state index is 12.3. The molecule has 1 aromatic heterocycles. The van der Waals surface area contributed by atoms with Crippen molar-refractivity contribution in [3.63, 3.8) is 0 Å². The lowest BCUT2D eigenvalue weighted by molar-refractivity contribution is -0.119. The van der Waals surface area contributed by atoms with E-state index in [1.807, 2.05) is 36.4 Å². The first-order chi connectivity index (χ1) is 15.1. The third-order valence-electron chi connectivity index (χ3n) is 6.55. The molecule has 31 heavy (non-hydrogen) atoms. The van der Waals surface area contributed by atoms with Crippen molar-refractivity contribution in [2.75, 3.05) is 25.0 Å². The minimum absolute atomic E-state index is 0.00169. The van der Waals surface area contributed by atoms with E-state index >= 15 is 0 Å². The molecule has 2 aliphatic heterocycles. The smallest absolute Gasteiger partial charge is 0.236 e. The number of pyridine rings is 1. The van der Waals surface area contributed by atoms with Crippen molar-refractivity contribution < 1.29 is 14.3 Å². The van der Waals surface area contributed by atoms with E-state index in [4.69, 9.17) is 4.74 Å². The molecule has 3 heterocycles. The first-order valence-electron chi connectivity index (χ1n) is 11.2. The van der Waals surface area contributed by atoms with Gasteiger partial charge in [-0.1, -0.05) is 18.2 Å². The predicted molar refractivity (Wildman–Crippen MR) is 117 cm³/mol. The lowest BCUT2D eigenvalue weighted by Crippen LogP contribution is -2.62. The minimum Gasteiger partial charge on any atom is -0.378 e. The van der Waals surface area contributed by atoms with Gasteiger partial charge in [-0.25, -0.2) is 4.98 Å². The van der Waals surface area contributed by atoms with Gasteiger partial charge in [0.15, 0.2) is 0 Å². The number of para-hydroxylation sites is 1. The Balaban J connectivity index is 1.03. The van der Waals surface area contributed by atoms with Gasteiger partial charge in [0.25, 0.3) is 0 Å². The van der Waals surface area contributed by atoms with Crippen LogP contribution in [0.5, 0.6) is 0 Å². The van der Waals surface area contributed by atoms with E-state index in [-0.39, 0.29) is 24.2 Å². The molecule has 3 fully saturated rings. The standard InChI is InChI=1S/C23H29N5O3/c29-21(26-20-10-7-15-4-1-2-5-18(15)24-20)6-3-11-31-17-8-9-19-16(12-17)13-28-14-22(30)27-23(28)25-19/h1-2,4-5,7,10,16-17,19,23,25H,3,6,8-9,11-14H2,(H,27,30)(H,24,26,29). The fraction of sp³-hybridized carbons (Fsp3) is 0.522. The third-order valence-corrected chi connectivity index (χ3v) is 6.55. The van der Waals surface area contributed by atoms with Gasteiger partial charge >= 0.3 is 0 Å². The molecular formula is C23H29N5O3. The number of carbonyl (C=O) groups is 2. The molecule has 1 aliphatic carbocycles. The number of nitrogens with zero attached hydrogens (tertiary/aromatic N) is 2. The summed E-state index contributed by atoms with van der Waals surface area (Å²) in [5.74, 6) is 1.15. The summed E-state index contributed by atoms with van der Waals surface area (Å²) in [5.41, 5.74) is 0.872. The second-order valence-corrected chi connectivity index (χ2v) is 8.78. The van der Waals surface area contributed by atoms with Crippen molar-refractivity contribution >= 4 is 28.5 Å². The van der Waals surface area contributed by atoms with Crippen LogP contribution in [-0.4, -0.2) is 59.8 Å². The highest BCUT2D eigenvalue weighted by Gasteiger charge is 2.42. The van der Waals surface area contributed by atoms with Gasteiger partial charge in [0, 0.05) is 31.0 Å². The van der Waals surface area contributed by atoms with Crippen LogP contribution in [0.15, 0.2) is 36.4 Å². The molecule has 0 spiro atoms. The number of ether oxygens (including phenoxy) is 1. The van der Waals surface area contributed by atoms with Crippen LogP contribution >= 0.6 is 0 Å². The summed E-state index contributed by atoms with van der Waals surface area (Å²) in [6, 6.07) is 12.1. The van der Waals surface area contributed by atoms with Gasteiger partial charge in [-0.15, -0.1) is 0 Å². The van der Waals surface area contributed by atoms with Crippen LogP contribution < -0.4 is 16.0 Å². The molecule has 3 aliphatic rings. The highest BCUT2D eigenvalue weighted by molar-refractivity contribution is 5.91. The quantitative estimate of drug-likeness (QED) is 0.614. The molecule has 2 saturated heterocycles. The largest absolute Gasteiger partial charge is 0.378 e. The normalized spacial score (nSPS) is 28.1. The van der Waals surface area contributed by atoms with E-state index in [0.29, 0.717) is 43.8 Å². The predicted octanol–water partition coefficient (Wildman–Crippen LogP) is 1.83. The molecule has 0 radical (unpaired) electrons. The van der Waals surface area contributed by atoms with Crippen LogP contribution in [0.4, 0.5) is 5.82 Å². The van der Waals surface area contributed by atoms with Gasteiger partial charge in [0.2, 0.25) is 11.8 Å². The first-order valence-corrected chi connectivity index (χ1v) is 11.2.